The standard InChI is InChI=1S/C21H23FN4O2/c22-18-5-1-2-6-20(18)27-10-7-17-12-19(25-24-17)21-15-26(9-11-28-21)14-16-4-3-8-23-13-16/h1-6,8,12-13,21H,7,9-11,14-15H2,(H,24,25). The first-order valence-corrected chi connectivity index (χ1v) is 9.42. The number of pyridine rings is 1. The van der Waals surface area contributed by atoms with Crippen molar-refractivity contribution >= 4 is 0 Å². The van der Waals surface area contributed by atoms with E-state index in [1.54, 1.807) is 24.4 Å². The third-order valence-electron chi connectivity index (χ3n) is 4.73. The number of aromatic nitrogens is 3. The molecule has 0 amide bonds. The Hall–Kier alpha value is -2.77. The second-order valence-corrected chi connectivity index (χ2v) is 6.80. The molecule has 1 aliphatic rings. The van der Waals surface area contributed by atoms with Gasteiger partial charge in [-0.1, -0.05) is 18.2 Å². The van der Waals surface area contributed by atoms with Crippen molar-refractivity contribution in [3.05, 3.63) is 77.6 Å². The normalized spacial score (nSPS) is 17.5. The zero-order valence-corrected chi connectivity index (χ0v) is 15.6. The molecule has 1 N–H and O–H groups in total. The van der Waals surface area contributed by atoms with Gasteiger partial charge in [0.05, 0.1) is 18.9 Å². The molecule has 146 valence electrons. The number of H-pyrrole nitrogens is 1. The molecule has 0 saturated carbocycles. The van der Waals surface area contributed by atoms with Gasteiger partial charge in [0.2, 0.25) is 0 Å². The van der Waals surface area contributed by atoms with E-state index in [4.69, 9.17) is 9.47 Å². The quantitative estimate of drug-likeness (QED) is 0.680. The third kappa shape index (κ3) is 4.74. The highest BCUT2D eigenvalue weighted by molar-refractivity contribution is 5.23. The topological polar surface area (TPSA) is 63.3 Å². The Balaban J connectivity index is 1.30. The smallest absolute Gasteiger partial charge is 0.165 e. The van der Waals surface area contributed by atoms with Crippen molar-refractivity contribution in [3.8, 4) is 5.75 Å². The summed E-state index contributed by atoms with van der Waals surface area (Å²) in [5, 5.41) is 7.44. The van der Waals surface area contributed by atoms with E-state index in [0.29, 0.717) is 19.6 Å². The minimum atomic E-state index is -0.350. The molecule has 3 heterocycles. The monoisotopic (exact) mass is 382 g/mol. The van der Waals surface area contributed by atoms with E-state index in [9.17, 15) is 4.39 Å². The predicted molar refractivity (Wildman–Crippen MR) is 102 cm³/mol. The van der Waals surface area contributed by atoms with Gasteiger partial charge < -0.3 is 9.47 Å². The fourth-order valence-corrected chi connectivity index (χ4v) is 3.28. The highest BCUT2D eigenvalue weighted by Crippen LogP contribution is 2.22. The number of halogens is 1. The molecule has 0 bridgehead atoms. The molecule has 6 nitrogen and oxygen atoms in total. The number of benzene rings is 1. The molecule has 0 radical (unpaired) electrons. The zero-order chi connectivity index (χ0) is 19.2. The molecule has 7 heteroatoms. The van der Waals surface area contributed by atoms with Crippen LogP contribution in [0.2, 0.25) is 0 Å². The Kier molecular flexibility index (Phi) is 5.94. The van der Waals surface area contributed by atoms with Gasteiger partial charge in [0.15, 0.2) is 11.6 Å². The van der Waals surface area contributed by atoms with Crippen molar-refractivity contribution in [2.75, 3.05) is 26.3 Å². The van der Waals surface area contributed by atoms with Gasteiger partial charge in [0, 0.05) is 44.1 Å². The Labute approximate surface area is 163 Å². The number of para-hydroxylation sites is 1. The average Bonchev–Trinajstić information content (AvgIpc) is 3.19. The van der Waals surface area contributed by atoms with Crippen molar-refractivity contribution in [3.63, 3.8) is 0 Å². The van der Waals surface area contributed by atoms with E-state index in [0.717, 1.165) is 31.0 Å². The maximum absolute atomic E-state index is 13.6. The van der Waals surface area contributed by atoms with Crippen molar-refractivity contribution in [1.29, 1.82) is 0 Å². The first-order chi connectivity index (χ1) is 13.8. The number of nitrogens with one attached hydrogen (secondary N) is 1. The van der Waals surface area contributed by atoms with Crippen LogP contribution in [0.5, 0.6) is 5.75 Å². The lowest BCUT2D eigenvalue weighted by atomic mass is 10.1. The molecule has 0 spiro atoms. The Bertz CT molecular complexity index is 887. The number of nitrogens with zero attached hydrogens (tertiary/aromatic N) is 3. The maximum Gasteiger partial charge on any atom is 0.165 e. The minimum absolute atomic E-state index is 0.0668. The van der Waals surface area contributed by atoms with Gasteiger partial charge in [-0.3, -0.25) is 15.0 Å². The average molecular weight is 382 g/mol. The summed E-state index contributed by atoms with van der Waals surface area (Å²) >= 11 is 0. The summed E-state index contributed by atoms with van der Waals surface area (Å²) in [4.78, 5) is 6.52. The first-order valence-electron chi connectivity index (χ1n) is 9.42. The van der Waals surface area contributed by atoms with Crippen LogP contribution in [0.3, 0.4) is 0 Å². The molecule has 1 aliphatic heterocycles. The summed E-state index contributed by atoms with van der Waals surface area (Å²) < 4.78 is 25.0. The zero-order valence-electron chi connectivity index (χ0n) is 15.6. The van der Waals surface area contributed by atoms with E-state index in [1.165, 1.54) is 11.6 Å². The van der Waals surface area contributed by atoms with Crippen LogP contribution in [0.1, 0.15) is 23.1 Å². The van der Waals surface area contributed by atoms with Gasteiger partial charge in [-0.15, -0.1) is 0 Å². The van der Waals surface area contributed by atoms with Crippen LogP contribution in [-0.2, 0) is 17.7 Å². The summed E-state index contributed by atoms with van der Waals surface area (Å²) in [5.74, 6) is -0.0824. The molecule has 4 rings (SSSR count). The lowest BCUT2D eigenvalue weighted by molar-refractivity contribution is -0.0350. The Morgan fingerprint density at radius 2 is 2.18 bits per heavy atom. The van der Waals surface area contributed by atoms with Gasteiger partial charge in [-0.05, 0) is 29.8 Å². The number of morpholine rings is 1. The highest BCUT2D eigenvalue weighted by Gasteiger charge is 2.24. The van der Waals surface area contributed by atoms with Gasteiger partial charge in [0.25, 0.3) is 0 Å². The van der Waals surface area contributed by atoms with Crippen molar-refractivity contribution in [1.82, 2.24) is 20.1 Å². The minimum Gasteiger partial charge on any atom is -0.490 e. The summed E-state index contributed by atoms with van der Waals surface area (Å²) in [6.45, 7) is 3.57. The number of hydrogen-bond acceptors (Lipinski definition) is 5. The maximum atomic E-state index is 13.6. The van der Waals surface area contributed by atoms with Crippen molar-refractivity contribution in [2.24, 2.45) is 0 Å². The van der Waals surface area contributed by atoms with Crippen LogP contribution in [0.15, 0.2) is 54.9 Å². The summed E-state index contributed by atoms with van der Waals surface area (Å²) in [6.07, 6.45) is 4.23. The second kappa shape index (κ2) is 8.95. The van der Waals surface area contributed by atoms with Crippen molar-refractivity contribution in [2.45, 2.75) is 19.1 Å². The van der Waals surface area contributed by atoms with Gasteiger partial charge in [-0.2, -0.15) is 5.10 Å². The predicted octanol–water partition coefficient (Wildman–Crippen LogP) is 3.14. The van der Waals surface area contributed by atoms with Gasteiger partial charge in [0.1, 0.15) is 6.10 Å². The molecule has 1 atom stereocenters. The van der Waals surface area contributed by atoms with Crippen LogP contribution >= 0.6 is 0 Å². The van der Waals surface area contributed by atoms with Crippen LogP contribution in [0, 0.1) is 5.82 Å². The molecule has 1 aromatic carbocycles. The van der Waals surface area contributed by atoms with E-state index in [1.807, 2.05) is 18.3 Å². The van der Waals surface area contributed by atoms with Crippen LogP contribution in [0.25, 0.3) is 0 Å². The number of hydrogen-bond donors (Lipinski definition) is 1. The molecular weight excluding hydrogens is 359 g/mol. The van der Waals surface area contributed by atoms with Crippen LogP contribution < -0.4 is 4.74 Å². The molecule has 3 aromatic rings. The summed E-state index contributed by atoms with van der Waals surface area (Å²) in [6, 6.07) is 12.5. The molecule has 28 heavy (non-hydrogen) atoms. The molecule has 1 saturated heterocycles. The van der Waals surface area contributed by atoms with E-state index in [-0.39, 0.29) is 17.7 Å². The van der Waals surface area contributed by atoms with E-state index >= 15 is 0 Å². The SMILES string of the molecule is Fc1ccccc1OCCc1cc(C2CN(Cc3cccnc3)CCO2)n[nH]1. The van der Waals surface area contributed by atoms with Gasteiger partial charge >= 0.3 is 0 Å². The number of ether oxygens (including phenoxy) is 2. The lowest BCUT2D eigenvalue weighted by Crippen LogP contribution is -2.37. The summed E-state index contributed by atoms with van der Waals surface area (Å²) in [7, 11) is 0. The highest BCUT2D eigenvalue weighted by atomic mass is 19.1. The molecule has 1 fully saturated rings. The van der Waals surface area contributed by atoms with Crippen LogP contribution in [0.4, 0.5) is 4.39 Å². The Morgan fingerprint density at radius 3 is 3.04 bits per heavy atom. The Morgan fingerprint density at radius 1 is 1.25 bits per heavy atom. The number of aromatic amines is 1. The molecule has 0 aliphatic carbocycles. The fraction of sp³-hybridized carbons (Fsp3) is 0.333. The van der Waals surface area contributed by atoms with E-state index in [2.05, 4.69) is 26.1 Å². The summed E-state index contributed by atoms with van der Waals surface area (Å²) in [5.41, 5.74) is 3.02. The molecule has 1 unspecified atom stereocenters. The van der Waals surface area contributed by atoms with Crippen molar-refractivity contribution < 1.29 is 13.9 Å². The largest absolute Gasteiger partial charge is 0.490 e. The molecular formula is C21H23FN4O2. The number of rotatable bonds is 7. The fourth-order valence-electron chi connectivity index (χ4n) is 3.28. The molecule has 2 aromatic heterocycles. The lowest BCUT2D eigenvalue weighted by Gasteiger charge is -2.32. The first kappa shape index (κ1) is 18.6. The second-order valence-electron chi connectivity index (χ2n) is 6.80. The third-order valence-corrected chi connectivity index (χ3v) is 4.73. The van der Waals surface area contributed by atoms with Gasteiger partial charge in [-0.25, -0.2) is 4.39 Å². The van der Waals surface area contributed by atoms with E-state index < -0.39 is 0 Å². The van der Waals surface area contributed by atoms with Crippen LogP contribution in [-0.4, -0.2) is 46.4 Å².